The van der Waals surface area contributed by atoms with E-state index in [4.69, 9.17) is 0 Å². The van der Waals surface area contributed by atoms with Crippen molar-refractivity contribution in [1.29, 1.82) is 0 Å². The quantitative estimate of drug-likeness (QED) is 0.501. The van der Waals surface area contributed by atoms with Gasteiger partial charge in [0, 0.05) is 0 Å². The maximum absolute atomic E-state index is 12.0. The molecule has 11 heavy (non-hydrogen) atoms. The standard InChI is InChI=1S/C6H3F2NOS/c7-5(8)4-1-2-11-6(4)9-3-10/h1-2,5H. The van der Waals surface area contributed by atoms with Crippen LogP contribution in [0.2, 0.25) is 0 Å². The molecule has 0 N–H and O–H groups in total. The molecule has 1 aromatic heterocycles. The van der Waals surface area contributed by atoms with Crippen molar-refractivity contribution < 1.29 is 13.6 Å². The van der Waals surface area contributed by atoms with Crippen LogP contribution < -0.4 is 0 Å². The Kier molecular flexibility index (Phi) is 2.46. The predicted octanol–water partition coefficient (Wildman–Crippen LogP) is 2.65. The molecule has 0 aliphatic carbocycles. The lowest BCUT2D eigenvalue weighted by Gasteiger charge is -1.92. The first-order valence-corrected chi connectivity index (χ1v) is 3.57. The lowest BCUT2D eigenvalue weighted by molar-refractivity contribution is 0.152. The van der Waals surface area contributed by atoms with E-state index in [2.05, 4.69) is 4.99 Å². The number of thiophene rings is 1. The predicted molar refractivity (Wildman–Crippen MR) is 37.1 cm³/mol. The molecule has 0 radical (unpaired) electrons. The Balaban J connectivity index is 3.05. The van der Waals surface area contributed by atoms with Crippen LogP contribution in [-0.4, -0.2) is 6.08 Å². The normalized spacial score (nSPS) is 9.73. The van der Waals surface area contributed by atoms with Crippen molar-refractivity contribution in [3.05, 3.63) is 17.0 Å². The van der Waals surface area contributed by atoms with Crippen LogP contribution in [0.15, 0.2) is 16.4 Å². The van der Waals surface area contributed by atoms with Gasteiger partial charge < -0.3 is 0 Å². The molecule has 2 nitrogen and oxygen atoms in total. The summed E-state index contributed by atoms with van der Waals surface area (Å²) in [5.74, 6) is 0. The zero-order valence-electron chi connectivity index (χ0n) is 5.25. The van der Waals surface area contributed by atoms with Crippen LogP contribution in [0.1, 0.15) is 12.0 Å². The SMILES string of the molecule is O=C=Nc1sccc1C(F)F. The molecule has 5 heteroatoms. The first-order valence-electron chi connectivity index (χ1n) is 2.69. The van der Waals surface area contributed by atoms with Crippen molar-refractivity contribution in [2.45, 2.75) is 6.43 Å². The summed E-state index contributed by atoms with van der Waals surface area (Å²) < 4.78 is 24.0. The van der Waals surface area contributed by atoms with E-state index < -0.39 is 6.43 Å². The van der Waals surface area contributed by atoms with Gasteiger partial charge in [-0.2, -0.15) is 4.99 Å². The Hall–Kier alpha value is -1.06. The number of isocyanates is 1. The Morgan fingerprint density at radius 1 is 1.64 bits per heavy atom. The van der Waals surface area contributed by atoms with E-state index in [9.17, 15) is 13.6 Å². The smallest absolute Gasteiger partial charge is 0.211 e. The van der Waals surface area contributed by atoms with Crippen molar-refractivity contribution in [2.75, 3.05) is 0 Å². The fraction of sp³-hybridized carbons (Fsp3) is 0.167. The largest absolute Gasteiger partial charge is 0.266 e. The molecule has 0 atom stereocenters. The second kappa shape index (κ2) is 3.37. The molecule has 1 heterocycles. The van der Waals surface area contributed by atoms with E-state index >= 15 is 0 Å². The van der Waals surface area contributed by atoms with Crippen molar-refractivity contribution in [3.63, 3.8) is 0 Å². The molecule has 1 rings (SSSR count). The molecule has 58 valence electrons. The van der Waals surface area contributed by atoms with Gasteiger partial charge in [-0.15, -0.1) is 11.3 Å². The Morgan fingerprint density at radius 3 is 2.91 bits per heavy atom. The molecule has 0 aromatic carbocycles. The van der Waals surface area contributed by atoms with E-state index in [1.165, 1.54) is 17.5 Å². The highest BCUT2D eigenvalue weighted by Gasteiger charge is 2.12. The first-order chi connectivity index (χ1) is 5.25. The molecule has 0 saturated heterocycles. The highest BCUT2D eigenvalue weighted by molar-refractivity contribution is 7.14. The number of aliphatic imine (C=N–C) groups is 1. The van der Waals surface area contributed by atoms with E-state index in [0.717, 1.165) is 11.3 Å². The van der Waals surface area contributed by atoms with Crippen LogP contribution in [0, 0.1) is 0 Å². The molecular weight excluding hydrogens is 172 g/mol. The van der Waals surface area contributed by atoms with Crippen LogP contribution in [-0.2, 0) is 4.79 Å². The summed E-state index contributed by atoms with van der Waals surface area (Å²) in [5, 5.41) is 1.49. The van der Waals surface area contributed by atoms with Gasteiger partial charge >= 0.3 is 0 Å². The van der Waals surface area contributed by atoms with Gasteiger partial charge in [0.15, 0.2) is 0 Å². The van der Waals surface area contributed by atoms with E-state index in [-0.39, 0.29) is 10.6 Å². The van der Waals surface area contributed by atoms with Crippen molar-refractivity contribution in [3.8, 4) is 0 Å². The van der Waals surface area contributed by atoms with Crippen LogP contribution >= 0.6 is 11.3 Å². The first kappa shape index (κ1) is 8.04. The summed E-state index contributed by atoms with van der Waals surface area (Å²) in [4.78, 5) is 12.8. The van der Waals surface area contributed by atoms with Crippen LogP contribution in [0.4, 0.5) is 13.8 Å². The lowest BCUT2D eigenvalue weighted by atomic mass is 10.3. The highest BCUT2D eigenvalue weighted by atomic mass is 32.1. The molecule has 0 unspecified atom stereocenters. The Bertz CT molecular complexity index is 291. The van der Waals surface area contributed by atoms with Crippen LogP contribution in [0.25, 0.3) is 0 Å². The molecule has 0 fully saturated rings. The van der Waals surface area contributed by atoms with Gasteiger partial charge in [-0.1, -0.05) is 0 Å². The van der Waals surface area contributed by atoms with Gasteiger partial charge in [-0.25, -0.2) is 13.6 Å². The third-order valence-corrected chi connectivity index (χ3v) is 1.88. The molecule has 0 bridgehead atoms. The summed E-state index contributed by atoms with van der Waals surface area (Å²) in [7, 11) is 0. The number of hydrogen-bond donors (Lipinski definition) is 0. The number of carbonyl (C=O) groups excluding carboxylic acids is 1. The van der Waals surface area contributed by atoms with Gasteiger partial charge in [0.25, 0.3) is 6.43 Å². The zero-order valence-corrected chi connectivity index (χ0v) is 6.07. The molecule has 0 aliphatic rings. The monoisotopic (exact) mass is 175 g/mol. The number of alkyl halides is 2. The summed E-state index contributed by atoms with van der Waals surface area (Å²) in [6, 6.07) is 1.24. The molecule has 0 spiro atoms. The lowest BCUT2D eigenvalue weighted by Crippen LogP contribution is -1.77. The average molecular weight is 175 g/mol. The fourth-order valence-corrected chi connectivity index (χ4v) is 1.34. The van der Waals surface area contributed by atoms with Gasteiger partial charge in [-0.3, -0.25) is 0 Å². The minimum atomic E-state index is -2.58. The maximum Gasteiger partial charge on any atom is 0.266 e. The number of nitrogens with zero attached hydrogens (tertiary/aromatic N) is 1. The maximum atomic E-state index is 12.0. The average Bonchev–Trinajstić information content (AvgIpc) is 2.36. The molecule has 1 aromatic rings. The van der Waals surface area contributed by atoms with Crippen molar-refractivity contribution in [2.24, 2.45) is 4.99 Å². The third-order valence-electron chi connectivity index (χ3n) is 1.06. The van der Waals surface area contributed by atoms with Crippen molar-refractivity contribution in [1.82, 2.24) is 0 Å². The Morgan fingerprint density at radius 2 is 2.36 bits per heavy atom. The van der Waals surface area contributed by atoms with E-state index in [0.29, 0.717) is 0 Å². The topological polar surface area (TPSA) is 29.4 Å². The van der Waals surface area contributed by atoms with Gasteiger partial charge in [0.1, 0.15) is 5.00 Å². The number of halogens is 2. The van der Waals surface area contributed by atoms with Gasteiger partial charge in [-0.05, 0) is 11.4 Å². The van der Waals surface area contributed by atoms with Gasteiger partial charge in [0.2, 0.25) is 6.08 Å². The molecule has 0 saturated carbocycles. The summed E-state index contributed by atoms with van der Waals surface area (Å²) >= 11 is 0.993. The third kappa shape index (κ3) is 1.69. The number of hydrogen-bond acceptors (Lipinski definition) is 3. The van der Waals surface area contributed by atoms with Crippen LogP contribution in [0.3, 0.4) is 0 Å². The fourth-order valence-electron chi connectivity index (χ4n) is 0.610. The summed E-state index contributed by atoms with van der Waals surface area (Å²) in [6.07, 6.45) is -1.36. The van der Waals surface area contributed by atoms with Gasteiger partial charge in [0.05, 0.1) is 5.56 Å². The molecule has 0 amide bonds. The second-order valence-electron chi connectivity index (χ2n) is 1.68. The Labute approximate surface area is 65.2 Å². The minimum Gasteiger partial charge on any atom is -0.211 e. The zero-order chi connectivity index (χ0) is 8.27. The molecule has 0 aliphatic heterocycles. The minimum absolute atomic E-state index is 0.0370. The highest BCUT2D eigenvalue weighted by Crippen LogP contribution is 2.33. The number of rotatable bonds is 2. The van der Waals surface area contributed by atoms with Crippen molar-refractivity contribution >= 4 is 22.4 Å². The van der Waals surface area contributed by atoms with E-state index in [1.807, 2.05) is 0 Å². The summed E-state index contributed by atoms with van der Waals surface area (Å²) in [6.45, 7) is 0. The van der Waals surface area contributed by atoms with E-state index in [1.54, 1.807) is 0 Å². The second-order valence-corrected chi connectivity index (χ2v) is 2.58. The summed E-state index contributed by atoms with van der Waals surface area (Å²) in [5.41, 5.74) is -0.210. The molecular formula is C6H3F2NOS. The van der Waals surface area contributed by atoms with Crippen LogP contribution in [0.5, 0.6) is 0 Å².